The first kappa shape index (κ1) is 12.4. The van der Waals surface area contributed by atoms with Crippen molar-refractivity contribution in [1.29, 1.82) is 0 Å². The summed E-state index contributed by atoms with van der Waals surface area (Å²) in [7, 11) is 0. The molecule has 1 fully saturated rings. The number of anilines is 1. The van der Waals surface area contributed by atoms with Gasteiger partial charge in [-0.1, -0.05) is 22.0 Å². The quantitative estimate of drug-likeness (QED) is 0.866. The van der Waals surface area contributed by atoms with Crippen LogP contribution >= 0.6 is 15.9 Å². The van der Waals surface area contributed by atoms with Gasteiger partial charge in [0, 0.05) is 10.2 Å². The number of hydrogen-bond donors (Lipinski definition) is 1. The molecular weight excluding hydrogens is 282 g/mol. The van der Waals surface area contributed by atoms with E-state index < -0.39 is 5.54 Å². The van der Waals surface area contributed by atoms with Crippen LogP contribution in [0, 0.1) is 0 Å². The third-order valence-corrected chi connectivity index (χ3v) is 3.57. The van der Waals surface area contributed by atoms with Gasteiger partial charge in [-0.15, -0.1) is 0 Å². The first-order chi connectivity index (χ1) is 8.16. The van der Waals surface area contributed by atoms with Crippen molar-refractivity contribution >= 4 is 27.6 Å². The predicted octanol–water partition coefficient (Wildman–Crippen LogP) is 3.35. The number of esters is 1. The average Bonchev–Trinajstić information content (AvgIpc) is 2.24. The minimum atomic E-state index is -0.503. The van der Waals surface area contributed by atoms with Crippen LogP contribution in [0.2, 0.25) is 0 Å². The Kier molecular flexibility index (Phi) is 3.72. The second-order valence-corrected chi connectivity index (χ2v) is 5.21. The van der Waals surface area contributed by atoms with E-state index in [2.05, 4.69) is 21.2 Å². The van der Waals surface area contributed by atoms with E-state index in [1.807, 2.05) is 31.2 Å². The summed E-state index contributed by atoms with van der Waals surface area (Å²) in [6, 6.07) is 7.84. The van der Waals surface area contributed by atoms with Crippen LogP contribution in [0.1, 0.15) is 26.2 Å². The van der Waals surface area contributed by atoms with Gasteiger partial charge < -0.3 is 10.1 Å². The molecule has 1 aliphatic rings. The lowest BCUT2D eigenvalue weighted by molar-refractivity contribution is -0.151. The highest BCUT2D eigenvalue weighted by Gasteiger charge is 2.45. The van der Waals surface area contributed by atoms with Gasteiger partial charge in [0.15, 0.2) is 0 Å². The van der Waals surface area contributed by atoms with Crippen LogP contribution in [0.3, 0.4) is 0 Å². The number of carbonyl (C=O) groups excluding carboxylic acids is 1. The highest BCUT2D eigenvalue weighted by Crippen LogP contribution is 2.36. The molecule has 1 N–H and O–H groups in total. The summed E-state index contributed by atoms with van der Waals surface area (Å²) in [5, 5.41) is 3.31. The molecule has 0 radical (unpaired) electrons. The molecule has 0 bridgehead atoms. The van der Waals surface area contributed by atoms with Crippen LogP contribution in [0.4, 0.5) is 5.69 Å². The highest BCUT2D eigenvalue weighted by molar-refractivity contribution is 9.10. The van der Waals surface area contributed by atoms with Gasteiger partial charge in [0.25, 0.3) is 0 Å². The topological polar surface area (TPSA) is 38.3 Å². The van der Waals surface area contributed by atoms with Gasteiger partial charge in [-0.2, -0.15) is 0 Å². The van der Waals surface area contributed by atoms with Crippen LogP contribution in [-0.4, -0.2) is 18.1 Å². The van der Waals surface area contributed by atoms with E-state index >= 15 is 0 Å². The van der Waals surface area contributed by atoms with Crippen molar-refractivity contribution in [3.8, 4) is 0 Å². The van der Waals surface area contributed by atoms with E-state index in [9.17, 15) is 4.79 Å². The Hall–Kier alpha value is -1.03. The van der Waals surface area contributed by atoms with Gasteiger partial charge in [0.1, 0.15) is 5.54 Å². The van der Waals surface area contributed by atoms with E-state index in [1.54, 1.807) is 0 Å². The normalized spacial score (nSPS) is 17.1. The molecule has 0 aromatic heterocycles. The number of halogens is 1. The largest absolute Gasteiger partial charge is 0.464 e. The Morgan fingerprint density at radius 1 is 1.53 bits per heavy atom. The van der Waals surface area contributed by atoms with Crippen LogP contribution in [-0.2, 0) is 9.53 Å². The number of carbonyl (C=O) groups is 1. The molecule has 92 valence electrons. The maximum absolute atomic E-state index is 11.9. The lowest BCUT2D eigenvalue weighted by atomic mass is 9.76. The molecule has 0 atom stereocenters. The van der Waals surface area contributed by atoms with E-state index in [4.69, 9.17) is 4.74 Å². The molecule has 2 rings (SSSR count). The third-order valence-electron chi connectivity index (χ3n) is 3.08. The van der Waals surface area contributed by atoms with Gasteiger partial charge in [-0.05, 0) is 44.4 Å². The Bertz CT molecular complexity index is 416. The summed E-state index contributed by atoms with van der Waals surface area (Å²) >= 11 is 3.42. The molecular formula is C13H16BrNO2. The van der Waals surface area contributed by atoms with Crippen molar-refractivity contribution in [1.82, 2.24) is 0 Å². The lowest BCUT2D eigenvalue weighted by Gasteiger charge is -2.40. The number of rotatable bonds is 4. The second kappa shape index (κ2) is 5.08. The van der Waals surface area contributed by atoms with Crippen LogP contribution in [0.25, 0.3) is 0 Å². The maximum Gasteiger partial charge on any atom is 0.331 e. The zero-order valence-electron chi connectivity index (χ0n) is 9.83. The summed E-state index contributed by atoms with van der Waals surface area (Å²) in [6.45, 7) is 2.27. The monoisotopic (exact) mass is 297 g/mol. The fourth-order valence-corrected chi connectivity index (χ4v) is 2.42. The van der Waals surface area contributed by atoms with Crippen molar-refractivity contribution in [3.63, 3.8) is 0 Å². The summed E-state index contributed by atoms with van der Waals surface area (Å²) in [5.74, 6) is -0.133. The molecule has 0 aliphatic heterocycles. The summed E-state index contributed by atoms with van der Waals surface area (Å²) in [5.41, 5.74) is 0.448. The second-order valence-electron chi connectivity index (χ2n) is 4.29. The Balaban J connectivity index is 2.12. The fraction of sp³-hybridized carbons (Fsp3) is 0.462. The molecule has 0 saturated heterocycles. The molecule has 1 saturated carbocycles. The van der Waals surface area contributed by atoms with Crippen LogP contribution < -0.4 is 5.32 Å². The lowest BCUT2D eigenvalue weighted by Crippen LogP contribution is -2.53. The maximum atomic E-state index is 11.9. The van der Waals surface area contributed by atoms with Crippen LogP contribution in [0.15, 0.2) is 28.7 Å². The van der Waals surface area contributed by atoms with Gasteiger partial charge >= 0.3 is 5.97 Å². The van der Waals surface area contributed by atoms with Crippen molar-refractivity contribution < 1.29 is 9.53 Å². The van der Waals surface area contributed by atoms with Gasteiger partial charge in [-0.25, -0.2) is 4.79 Å². The fourth-order valence-electron chi connectivity index (χ4n) is 2.02. The summed E-state index contributed by atoms with van der Waals surface area (Å²) < 4.78 is 6.14. The number of hydrogen-bond acceptors (Lipinski definition) is 3. The molecule has 17 heavy (non-hydrogen) atoms. The first-order valence-electron chi connectivity index (χ1n) is 5.87. The molecule has 1 aromatic rings. The van der Waals surface area contributed by atoms with Gasteiger partial charge in [0.05, 0.1) is 6.61 Å². The molecule has 1 aromatic carbocycles. The van der Waals surface area contributed by atoms with Gasteiger partial charge in [0.2, 0.25) is 0 Å². The average molecular weight is 298 g/mol. The van der Waals surface area contributed by atoms with Crippen molar-refractivity contribution in [2.45, 2.75) is 31.7 Å². The number of ether oxygens (including phenoxy) is 1. The molecule has 1 aliphatic carbocycles. The third kappa shape index (κ3) is 2.63. The SMILES string of the molecule is CCOC(=O)C1(Nc2cccc(Br)c2)CCC1. The molecule has 3 nitrogen and oxygen atoms in total. The van der Waals surface area contributed by atoms with Crippen LogP contribution in [0.5, 0.6) is 0 Å². The molecule has 4 heteroatoms. The molecule has 0 heterocycles. The standard InChI is InChI=1S/C13H16BrNO2/c1-2-17-12(16)13(7-4-8-13)15-11-6-3-5-10(14)9-11/h3,5-6,9,15H,2,4,7-8H2,1H3. The van der Waals surface area contributed by atoms with Gasteiger partial charge in [-0.3, -0.25) is 0 Å². The van der Waals surface area contributed by atoms with Crippen molar-refractivity contribution in [2.24, 2.45) is 0 Å². The van der Waals surface area contributed by atoms with Crippen molar-refractivity contribution in [2.75, 3.05) is 11.9 Å². The van der Waals surface area contributed by atoms with Crippen molar-refractivity contribution in [3.05, 3.63) is 28.7 Å². The predicted molar refractivity (Wildman–Crippen MR) is 71.0 cm³/mol. The minimum Gasteiger partial charge on any atom is -0.464 e. The number of nitrogens with one attached hydrogen (secondary N) is 1. The number of benzene rings is 1. The van der Waals surface area contributed by atoms with E-state index in [1.165, 1.54) is 0 Å². The summed E-state index contributed by atoms with van der Waals surface area (Å²) in [4.78, 5) is 11.9. The first-order valence-corrected chi connectivity index (χ1v) is 6.66. The Morgan fingerprint density at radius 3 is 2.82 bits per heavy atom. The minimum absolute atomic E-state index is 0.133. The zero-order valence-corrected chi connectivity index (χ0v) is 11.4. The van der Waals surface area contributed by atoms with E-state index in [-0.39, 0.29) is 5.97 Å². The Morgan fingerprint density at radius 2 is 2.29 bits per heavy atom. The molecule has 0 spiro atoms. The molecule has 0 unspecified atom stereocenters. The van der Waals surface area contributed by atoms with E-state index in [0.717, 1.165) is 29.4 Å². The smallest absolute Gasteiger partial charge is 0.331 e. The summed E-state index contributed by atoms with van der Waals surface area (Å²) in [6.07, 6.45) is 2.76. The highest BCUT2D eigenvalue weighted by atomic mass is 79.9. The molecule has 0 amide bonds. The Labute approximate surface area is 110 Å². The zero-order chi connectivity index (χ0) is 12.3. The van der Waals surface area contributed by atoms with E-state index in [0.29, 0.717) is 6.61 Å².